The third-order valence-corrected chi connectivity index (χ3v) is 2.84. The van der Waals surface area contributed by atoms with Crippen LogP contribution in [0.25, 0.3) is 0 Å². The van der Waals surface area contributed by atoms with E-state index in [1.165, 1.54) is 0 Å². The molecular formula is C15H10N2O. The number of hydrogen-bond donors (Lipinski definition) is 0. The molecule has 1 aliphatic heterocycles. The number of nitrogens with zero attached hydrogens (tertiary/aromatic N) is 2. The molecule has 2 aromatic rings. The Morgan fingerprint density at radius 3 is 2.61 bits per heavy atom. The maximum Gasteiger partial charge on any atom is 0.221 e. The lowest BCUT2D eigenvalue weighted by Crippen LogP contribution is -2.10. The zero-order valence-corrected chi connectivity index (χ0v) is 9.63. The normalized spacial score (nSPS) is 12.9. The fraction of sp³-hybridized carbons (Fsp3) is 0.0667. The minimum absolute atomic E-state index is 0.537. The van der Waals surface area contributed by atoms with Crippen LogP contribution in [-0.2, 0) is 11.3 Å². The van der Waals surface area contributed by atoms with Gasteiger partial charge in [0.1, 0.15) is 6.61 Å². The highest BCUT2D eigenvalue weighted by Crippen LogP contribution is 2.25. The smallest absolute Gasteiger partial charge is 0.221 e. The summed E-state index contributed by atoms with van der Waals surface area (Å²) in [4.78, 5) is 4.48. The van der Waals surface area contributed by atoms with Crippen molar-refractivity contribution in [3.05, 3.63) is 65.2 Å². The standard InChI is InChI=1S/C15H10N2O/c16-9-11-5-7-12(8-6-11)15-17-14-4-2-1-3-13(14)10-18-15/h1-8H,10H2. The molecule has 0 N–H and O–H groups in total. The van der Waals surface area contributed by atoms with Crippen molar-refractivity contribution in [2.75, 3.05) is 0 Å². The van der Waals surface area contributed by atoms with Crippen molar-refractivity contribution < 1.29 is 4.74 Å². The Bertz CT molecular complexity index is 651. The Morgan fingerprint density at radius 2 is 1.83 bits per heavy atom. The average Bonchev–Trinajstić information content (AvgIpc) is 2.47. The fourth-order valence-corrected chi connectivity index (χ4v) is 1.86. The first kappa shape index (κ1) is 10.5. The van der Waals surface area contributed by atoms with Gasteiger partial charge < -0.3 is 4.74 Å². The highest BCUT2D eigenvalue weighted by molar-refractivity contribution is 5.96. The van der Waals surface area contributed by atoms with E-state index in [1.54, 1.807) is 12.1 Å². The lowest BCUT2D eigenvalue weighted by molar-refractivity contribution is 0.288. The van der Waals surface area contributed by atoms with Crippen LogP contribution in [0.15, 0.2) is 53.5 Å². The highest BCUT2D eigenvalue weighted by atomic mass is 16.5. The van der Waals surface area contributed by atoms with Crippen LogP contribution in [0.5, 0.6) is 0 Å². The molecule has 0 saturated heterocycles. The molecule has 0 aromatic heterocycles. The molecule has 2 aromatic carbocycles. The summed E-state index contributed by atoms with van der Waals surface area (Å²) in [5.74, 6) is 0.609. The zero-order chi connectivity index (χ0) is 12.4. The van der Waals surface area contributed by atoms with E-state index in [0.717, 1.165) is 16.8 Å². The van der Waals surface area contributed by atoms with Crippen molar-refractivity contribution in [2.24, 2.45) is 4.99 Å². The Balaban J connectivity index is 1.99. The van der Waals surface area contributed by atoms with E-state index in [4.69, 9.17) is 10.00 Å². The fourth-order valence-electron chi connectivity index (χ4n) is 1.86. The van der Waals surface area contributed by atoms with Gasteiger partial charge in [-0.25, -0.2) is 4.99 Å². The van der Waals surface area contributed by atoms with Gasteiger partial charge >= 0.3 is 0 Å². The van der Waals surface area contributed by atoms with Gasteiger partial charge in [-0.3, -0.25) is 0 Å². The SMILES string of the molecule is N#Cc1ccc(C2=Nc3ccccc3CO2)cc1. The van der Waals surface area contributed by atoms with Crippen molar-refractivity contribution in [1.29, 1.82) is 5.26 Å². The van der Waals surface area contributed by atoms with E-state index < -0.39 is 0 Å². The topological polar surface area (TPSA) is 45.4 Å². The maximum atomic E-state index is 8.76. The van der Waals surface area contributed by atoms with Crippen LogP contribution in [0.4, 0.5) is 5.69 Å². The number of ether oxygens (including phenoxy) is 1. The summed E-state index contributed by atoms with van der Waals surface area (Å²) in [6.45, 7) is 0.537. The van der Waals surface area contributed by atoms with Crippen LogP contribution in [-0.4, -0.2) is 5.90 Å². The molecule has 0 unspecified atom stereocenters. The van der Waals surface area contributed by atoms with Gasteiger partial charge in [0.2, 0.25) is 5.90 Å². The number of aliphatic imine (C=N–C) groups is 1. The van der Waals surface area contributed by atoms with E-state index in [-0.39, 0.29) is 0 Å². The predicted molar refractivity (Wildman–Crippen MR) is 68.6 cm³/mol. The summed E-state index contributed by atoms with van der Waals surface area (Å²) in [5, 5.41) is 8.76. The van der Waals surface area contributed by atoms with Gasteiger partial charge in [-0.2, -0.15) is 5.26 Å². The molecule has 0 bridgehead atoms. The first-order chi connectivity index (χ1) is 8.86. The summed E-state index contributed by atoms with van der Waals surface area (Å²) in [5.41, 5.74) is 3.57. The first-order valence-electron chi connectivity index (χ1n) is 5.67. The van der Waals surface area contributed by atoms with Gasteiger partial charge in [-0.05, 0) is 30.3 Å². The number of hydrogen-bond acceptors (Lipinski definition) is 3. The predicted octanol–water partition coefficient (Wildman–Crippen LogP) is 3.17. The summed E-state index contributed by atoms with van der Waals surface area (Å²) in [6, 6.07) is 17.2. The summed E-state index contributed by atoms with van der Waals surface area (Å²) in [7, 11) is 0. The molecule has 0 fully saturated rings. The molecule has 3 heteroatoms. The van der Waals surface area contributed by atoms with Crippen LogP contribution < -0.4 is 0 Å². The van der Waals surface area contributed by atoms with E-state index in [0.29, 0.717) is 18.1 Å². The molecule has 0 aliphatic carbocycles. The van der Waals surface area contributed by atoms with Gasteiger partial charge in [0.15, 0.2) is 0 Å². The molecule has 3 rings (SSSR count). The second-order valence-corrected chi connectivity index (χ2v) is 4.02. The van der Waals surface area contributed by atoms with E-state index in [9.17, 15) is 0 Å². The molecule has 3 nitrogen and oxygen atoms in total. The van der Waals surface area contributed by atoms with Crippen LogP contribution in [0.1, 0.15) is 16.7 Å². The maximum absolute atomic E-state index is 8.76. The zero-order valence-electron chi connectivity index (χ0n) is 9.63. The summed E-state index contributed by atoms with van der Waals surface area (Å²) >= 11 is 0. The van der Waals surface area contributed by atoms with Crippen molar-refractivity contribution >= 4 is 11.6 Å². The van der Waals surface area contributed by atoms with Crippen LogP contribution in [0, 0.1) is 11.3 Å². The molecule has 0 spiro atoms. The largest absolute Gasteiger partial charge is 0.472 e. The lowest BCUT2D eigenvalue weighted by atomic mass is 10.1. The minimum atomic E-state index is 0.537. The van der Waals surface area contributed by atoms with Crippen LogP contribution in [0.2, 0.25) is 0 Å². The molecule has 0 saturated carbocycles. The molecular weight excluding hydrogens is 224 g/mol. The molecule has 0 atom stereocenters. The Labute approximate surface area is 105 Å². The van der Waals surface area contributed by atoms with Gasteiger partial charge in [0, 0.05) is 11.1 Å². The van der Waals surface area contributed by atoms with Gasteiger partial charge in [0.25, 0.3) is 0 Å². The molecule has 0 radical (unpaired) electrons. The van der Waals surface area contributed by atoms with Crippen LogP contribution >= 0.6 is 0 Å². The van der Waals surface area contributed by atoms with Crippen molar-refractivity contribution in [2.45, 2.75) is 6.61 Å². The molecule has 1 aliphatic rings. The quantitative estimate of drug-likeness (QED) is 0.760. The number of benzene rings is 2. The van der Waals surface area contributed by atoms with Gasteiger partial charge in [-0.1, -0.05) is 18.2 Å². The molecule has 18 heavy (non-hydrogen) atoms. The molecule has 0 amide bonds. The number of rotatable bonds is 1. The second kappa shape index (κ2) is 4.34. The lowest BCUT2D eigenvalue weighted by Gasteiger charge is -2.16. The van der Waals surface area contributed by atoms with Crippen LogP contribution in [0.3, 0.4) is 0 Å². The van der Waals surface area contributed by atoms with E-state index in [1.807, 2.05) is 36.4 Å². The highest BCUT2D eigenvalue weighted by Gasteiger charge is 2.13. The molecule has 86 valence electrons. The monoisotopic (exact) mass is 234 g/mol. The van der Waals surface area contributed by atoms with E-state index in [2.05, 4.69) is 11.1 Å². The second-order valence-electron chi connectivity index (χ2n) is 4.02. The average molecular weight is 234 g/mol. The van der Waals surface area contributed by atoms with Crippen molar-refractivity contribution in [3.8, 4) is 6.07 Å². The Kier molecular flexibility index (Phi) is 2.54. The third-order valence-electron chi connectivity index (χ3n) is 2.84. The molecule has 1 heterocycles. The number of nitriles is 1. The van der Waals surface area contributed by atoms with Crippen molar-refractivity contribution in [3.63, 3.8) is 0 Å². The summed E-state index contributed by atoms with van der Waals surface area (Å²) in [6.07, 6.45) is 0. The van der Waals surface area contributed by atoms with Crippen molar-refractivity contribution in [1.82, 2.24) is 0 Å². The minimum Gasteiger partial charge on any atom is -0.472 e. The van der Waals surface area contributed by atoms with Gasteiger partial charge in [-0.15, -0.1) is 0 Å². The number of para-hydroxylation sites is 1. The Morgan fingerprint density at radius 1 is 1.06 bits per heavy atom. The number of fused-ring (bicyclic) bond motifs is 1. The van der Waals surface area contributed by atoms with Gasteiger partial charge in [0.05, 0.1) is 17.3 Å². The Hall–Kier alpha value is -2.60. The van der Waals surface area contributed by atoms with E-state index >= 15 is 0 Å². The first-order valence-corrected chi connectivity index (χ1v) is 5.67. The third kappa shape index (κ3) is 1.85. The summed E-state index contributed by atoms with van der Waals surface area (Å²) < 4.78 is 5.63.